The third kappa shape index (κ3) is 4.18. The predicted molar refractivity (Wildman–Crippen MR) is 77.4 cm³/mol. The molecule has 3 amide bonds. The first-order valence-corrected chi connectivity index (χ1v) is 7.42. The minimum absolute atomic E-state index is 0.223. The molecule has 2 unspecified atom stereocenters. The summed E-state index contributed by atoms with van der Waals surface area (Å²) in [6.07, 6.45) is 2.37. The SMILES string of the molecule is CC(C)(C)NC(=O)NC(=O)CN1CCCC2CNCC21. The molecule has 114 valence electrons. The van der Waals surface area contributed by atoms with Gasteiger partial charge in [0.05, 0.1) is 6.54 Å². The van der Waals surface area contributed by atoms with Crippen molar-refractivity contribution in [2.75, 3.05) is 26.2 Å². The average Bonchev–Trinajstić information content (AvgIpc) is 2.74. The molecule has 2 aliphatic heterocycles. The predicted octanol–water partition coefficient (Wildman–Crippen LogP) is 0.295. The molecule has 0 aliphatic carbocycles. The van der Waals surface area contributed by atoms with Crippen LogP contribution in [0, 0.1) is 5.92 Å². The van der Waals surface area contributed by atoms with E-state index in [1.165, 1.54) is 6.42 Å². The maximum absolute atomic E-state index is 12.0. The van der Waals surface area contributed by atoms with E-state index >= 15 is 0 Å². The first-order chi connectivity index (χ1) is 9.35. The van der Waals surface area contributed by atoms with Crippen molar-refractivity contribution in [2.24, 2.45) is 5.92 Å². The first-order valence-electron chi connectivity index (χ1n) is 7.42. The van der Waals surface area contributed by atoms with Crippen LogP contribution in [0.5, 0.6) is 0 Å². The Kier molecular flexibility index (Phi) is 4.65. The van der Waals surface area contributed by atoms with Gasteiger partial charge in [-0.05, 0) is 52.6 Å². The monoisotopic (exact) mass is 282 g/mol. The molecule has 3 N–H and O–H groups in total. The van der Waals surface area contributed by atoms with E-state index in [1.54, 1.807) is 0 Å². The Bertz CT molecular complexity index is 378. The number of rotatable bonds is 2. The van der Waals surface area contributed by atoms with E-state index in [-0.39, 0.29) is 11.4 Å². The van der Waals surface area contributed by atoms with Crippen molar-refractivity contribution in [2.45, 2.75) is 45.2 Å². The fourth-order valence-electron chi connectivity index (χ4n) is 3.08. The quantitative estimate of drug-likeness (QED) is 0.681. The third-order valence-corrected chi connectivity index (χ3v) is 3.88. The molecule has 0 saturated carbocycles. The summed E-state index contributed by atoms with van der Waals surface area (Å²) in [5, 5.41) is 8.53. The zero-order valence-corrected chi connectivity index (χ0v) is 12.7. The zero-order valence-electron chi connectivity index (χ0n) is 12.7. The molecule has 6 nitrogen and oxygen atoms in total. The Morgan fingerprint density at radius 3 is 2.75 bits per heavy atom. The van der Waals surface area contributed by atoms with Crippen molar-refractivity contribution < 1.29 is 9.59 Å². The van der Waals surface area contributed by atoms with Crippen molar-refractivity contribution in [3.8, 4) is 0 Å². The third-order valence-electron chi connectivity index (χ3n) is 3.88. The summed E-state index contributed by atoms with van der Waals surface area (Å²) >= 11 is 0. The second-order valence-electron chi connectivity index (χ2n) is 6.85. The summed E-state index contributed by atoms with van der Waals surface area (Å²) < 4.78 is 0. The van der Waals surface area contributed by atoms with Crippen molar-refractivity contribution in [1.29, 1.82) is 0 Å². The molecule has 2 aliphatic rings. The number of nitrogens with one attached hydrogen (secondary N) is 3. The van der Waals surface area contributed by atoms with Gasteiger partial charge in [-0.1, -0.05) is 0 Å². The molecule has 0 aromatic heterocycles. The number of hydrogen-bond donors (Lipinski definition) is 3. The molecule has 2 rings (SSSR count). The van der Waals surface area contributed by atoms with Crippen molar-refractivity contribution >= 4 is 11.9 Å². The van der Waals surface area contributed by atoms with E-state index < -0.39 is 6.03 Å². The number of carbonyl (C=O) groups excluding carboxylic acids is 2. The summed E-state index contributed by atoms with van der Waals surface area (Å²) in [5.41, 5.74) is -0.337. The number of fused-ring (bicyclic) bond motifs is 1. The molecule has 0 bridgehead atoms. The van der Waals surface area contributed by atoms with E-state index in [4.69, 9.17) is 0 Å². The number of nitrogens with zero attached hydrogens (tertiary/aromatic N) is 1. The van der Waals surface area contributed by atoms with Gasteiger partial charge in [0.15, 0.2) is 0 Å². The van der Waals surface area contributed by atoms with Crippen LogP contribution in [0.2, 0.25) is 0 Å². The lowest BCUT2D eigenvalue weighted by molar-refractivity contribution is -0.122. The van der Waals surface area contributed by atoms with Gasteiger partial charge >= 0.3 is 6.03 Å². The number of imide groups is 1. The second-order valence-corrected chi connectivity index (χ2v) is 6.85. The van der Waals surface area contributed by atoms with Crippen LogP contribution in [-0.4, -0.2) is 54.6 Å². The lowest BCUT2D eigenvalue weighted by Gasteiger charge is -2.36. The summed E-state index contributed by atoms with van der Waals surface area (Å²) in [6.45, 7) is 8.90. The van der Waals surface area contributed by atoms with Gasteiger partial charge in [0.2, 0.25) is 5.91 Å². The average molecular weight is 282 g/mol. The number of amides is 3. The smallest absolute Gasteiger partial charge is 0.321 e. The maximum atomic E-state index is 12.0. The van der Waals surface area contributed by atoms with Crippen molar-refractivity contribution in [1.82, 2.24) is 20.9 Å². The standard InChI is InChI=1S/C14H26N4O2/c1-14(2,3)17-13(20)16-12(19)9-18-6-4-5-10-7-15-8-11(10)18/h10-11,15H,4-9H2,1-3H3,(H2,16,17,19,20). The zero-order chi connectivity index (χ0) is 14.8. The molecule has 2 saturated heterocycles. The van der Waals surface area contributed by atoms with Gasteiger partial charge in [-0.3, -0.25) is 15.0 Å². The van der Waals surface area contributed by atoms with Crippen molar-refractivity contribution in [3.63, 3.8) is 0 Å². The minimum Gasteiger partial charge on any atom is -0.333 e. The highest BCUT2D eigenvalue weighted by atomic mass is 16.2. The highest BCUT2D eigenvalue weighted by Crippen LogP contribution is 2.25. The molecule has 20 heavy (non-hydrogen) atoms. The molecule has 6 heteroatoms. The highest BCUT2D eigenvalue weighted by Gasteiger charge is 2.35. The largest absolute Gasteiger partial charge is 0.333 e. The summed E-state index contributed by atoms with van der Waals surface area (Å²) in [4.78, 5) is 25.8. The van der Waals surface area contributed by atoms with E-state index in [0.29, 0.717) is 18.5 Å². The molecule has 0 radical (unpaired) electrons. The number of piperidine rings is 1. The fourth-order valence-corrected chi connectivity index (χ4v) is 3.08. The van der Waals surface area contributed by atoms with Gasteiger partial charge in [0.25, 0.3) is 0 Å². The van der Waals surface area contributed by atoms with E-state index in [2.05, 4.69) is 20.9 Å². The lowest BCUT2D eigenvalue weighted by atomic mass is 9.92. The van der Waals surface area contributed by atoms with Gasteiger partial charge in [0.1, 0.15) is 0 Å². The summed E-state index contributed by atoms with van der Waals surface area (Å²) in [7, 11) is 0. The Morgan fingerprint density at radius 1 is 1.30 bits per heavy atom. The van der Waals surface area contributed by atoms with E-state index in [9.17, 15) is 9.59 Å². The molecule has 2 atom stereocenters. The second kappa shape index (κ2) is 6.10. The van der Waals surface area contributed by atoms with Crippen LogP contribution in [0.25, 0.3) is 0 Å². The molecule has 0 aromatic carbocycles. The number of urea groups is 1. The van der Waals surface area contributed by atoms with Crippen molar-refractivity contribution in [3.05, 3.63) is 0 Å². The molecule has 0 aromatic rings. The van der Waals surface area contributed by atoms with Crippen LogP contribution in [0.15, 0.2) is 0 Å². The number of carbonyl (C=O) groups is 2. The Balaban J connectivity index is 1.80. The topological polar surface area (TPSA) is 73.5 Å². The normalized spacial score (nSPS) is 26.9. The highest BCUT2D eigenvalue weighted by molar-refractivity contribution is 5.95. The molecular weight excluding hydrogens is 256 g/mol. The Morgan fingerprint density at radius 2 is 2.05 bits per heavy atom. The molecule has 0 spiro atoms. The summed E-state index contributed by atoms with van der Waals surface area (Å²) in [5.74, 6) is 0.430. The van der Waals surface area contributed by atoms with Gasteiger partial charge in [0, 0.05) is 18.1 Å². The molecule has 2 heterocycles. The number of hydrogen-bond acceptors (Lipinski definition) is 4. The number of likely N-dealkylation sites (tertiary alicyclic amines) is 1. The Labute approximate surface area is 120 Å². The molecular formula is C14H26N4O2. The first kappa shape index (κ1) is 15.3. The van der Waals surface area contributed by atoms with Gasteiger partial charge in [-0.2, -0.15) is 0 Å². The minimum atomic E-state index is -0.416. The summed E-state index contributed by atoms with van der Waals surface area (Å²) in [6, 6.07) is 0.0285. The van der Waals surface area contributed by atoms with Crippen LogP contribution >= 0.6 is 0 Å². The molecule has 2 fully saturated rings. The van der Waals surface area contributed by atoms with E-state index in [0.717, 1.165) is 26.1 Å². The van der Waals surface area contributed by atoms with Crippen LogP contribution in [-0.2, 0) is 4.79 Å². The van der Waals surface area contributed by atoms with Gasteiger partial charge in [-0.25, -0.2) is 4.79 Å². The van der Waals surface area contributed by atoms with Crippen LogP contribution in [0.1, 0.15) is 33.6 Å². The van der Waals surface area contributed by atoms with Gasteiger partial charge in [-0.15, -0.1) is 0 Å². The van der Waals surface area contributed by atoms with Crippen LogP contribution < -0.4 is 16.0 Å². The van der Waals surface area contributed by atoms with Crippen LogP contribution in [0.4, 0.5) is 4.79 Å². The van der Waals surface area contributed by atoms with Gasteiger partial charge < -0.3 is 10.6 Å². The lowest BCUT2D eigenvalue weighted by Crippen LogP contribution is -2.53. The Hall–Kier alpha value is -1.14. The van der Waals surface area contributed by atoms with Crippen LogP contribution in [0.3, 0.4) is 0 Å². The van der Waals surface area contributed by atoms with E-state index in [1.807, 2.05) is 20.8 Å². The fraction of sp³-hybridized carbons (Fsp3) is 0.857. The maximum Gasteiger partial charge on any atom is 0.321 e.